The van der Waals surface area contributed by atoms with Gasteiger partial charge in [0.2, 0.25) is 0 Å². The SMILES string of the molecule is C[Si](C)(C)c1n[nH]nc1[Si](C)(C)C. The van der Waals surface area contributed by atoms with Crippen LogP contribution in [0.2, 0.25) is 39.3 Å². The van der Waals surface area contributed by atoms with Gasteiger partial charge in [-0.3, -0.25) is 0 Å². The second kappa shape index (κ2) is 3.06. The van der Waals surface area contributed by atoms with Crippen LogP contribution in [0.25, 0.3) is 0 Å². The lowest BCUT2D eigenvalue weighted by Gasteiger charge is -2.20. The maximum Gasteiger partial charge on any atom is 0.106 e. The van der Waals surface area contributed by atoms with Gasteiger partial charge in [-0.25, -0.2) is 0 Å². The van der Waals surface area contributed by atoms with E-state index in [0.717, 1.165) is 0 Å². The smallest absolute Gasteiger partial charge is 0.106 e. The fourth-order valence-electron chi connectivity index (χ4n) is 1.28. The Morgan fingerprint density at radius 2 is 1.08 bits per heavy atom. The van der Waals surface area contributed by atoms with Gasteiger partial charge < -0.3 is 0 Å². The van der Waals surface area contributed by atoms with Crippen LogP contribution in [0.15, 0.2) is 0 Å². The number of nitrogens with one attached hydrogen (secondary N) is 1. The van der Waals surface area contributed by atoms with Gasteiger partial charge in [0, 0.05) is 0 Å². The molecule has 1 aromatic heterocycles. The van der Waals surface area contributed by atoms with E-state index >= 15 is 0 Å². The summed E-state index contributed by atoms with van der Waals surface area (Å²) in [6, 6.07) is 0. The van der Waals surface area contributed by atoms with E-state index in [1.54, 1.807) is 0 Å². The van der Waals surface area contributed by atoms with Crippen LogP contribution >= 0.6 is 0 Å². The summed E-state index contributed by atoms with van der Waals surface area (Å²) in [7, 11) is -2.61. The van der Waals surface area contributed by atoms with Gasteiger partial charge in [0.1, 0.15) is 16.1 Å². The van der Waals surface area contributed by atoms with Crippen molar-refractivity contribution in [2.45, 2.75) is 39.3 Å². The third-order valence-electron chi connectivity index (χ3n) is 1.97. The van der Waals surface area contributed by atoms with Crippen molar-refractivity contribution in [2.24, 2.45) is 0 Å². The molecule has 1 N–H and O–H groups in total. The Morgan fingerprint density at radius 3 is 1.31 bits per heavy atom. The molecule has 0 amide bonds. The first-order chi connectivity index (χ1) is 5.73. The van der Waals surface area contributed by atoms with Crippen LogP contribution in [-0.2, 0) is 0 Å². The standard InChI is InChI=1S/C8H19N3Si2/c1-12(2,3)7-8(10-11-9-7)13(4,5)6/h1-6H3,(H,9,10,11). The molecule has 0 saturated heterocycles. The molecule has 0 aromatic carbocycles. The number of H-pyrrole nitrogens is 1. The molecule has 1 rings (SSSR count). The molecule has 0 unspecified atom stereocenters. The lowest BCUT2D eigenvalue weighted by molar-refractivity contribution is 0.951. The summed E-state index contributed by atoms with van der Waals surface area (Å²) in [6.45, 7) is 13.9. The average molecular weight is 213 g/mol. The minimum absolute atomic E-state index is 1.27. The molecule has 1 heterocycles. The van der Waals surface area contributed by atoms with Gasteiger partial charge >= 0.3 is 0 Å². The lowest BCUT2D eigenvalue weighted by atomic mass is 10.9. The predicted molar refractivity (Wildman–Crippen MR) is 62.3 cm³/mol. The van der Waals surface area contributed by atoms with Crippen molar-refractivity contribution in [2.75, 3.05) is 0 Å². The Kier molecular flexibility index (Phi) is 2.51. The summed E-state index contributed by atoms with van der Waals surface area (Å²) in [5, 5.41) is 13.9. The molecular weight excluding hydrogens is 194 g/mol. The first-order valence-corrected chi connectivity index (χ1v) is 11.6. The van der Waals surface area contributed by atoms with Crippen molar-refractivity contribution in [1.29, 1.82) is 0 Å². The highest BCUT2D eigenvalue weighted by Gasteiger charge is 2.31. The van der Waals surface area contributed by atoms with E-state index in [0.29, 0.717) is 0 Å². The summed E-state index contributed by atoms with van der Waals surface area (Å²) >= 11 is 0. The number of hydrogen-bond donors (Lipinski definition) is 1. The Bertz CT molecular complexity index is 265. The van der Waals surface area contributed by atoms with E-state index in [9.17, 15) is 0 Å². The molecule has 0 aliphatic rings. The molecule has 0 saturated carbocycles. The molecule has 0 aliphatic heterocycles. The van der Waals surface area contributed by atoms with Crippen molar-refractivity contribution in [3.8, 4) is 0 Å². The van der Waals surface area contributed by atoms with Gasteiger partial charge in [0.25, 0.3) is 0 Å². The second-order valence-corrected chi connectivity index (χ2v) is 15.5. The molecule has 0 radical (unpaired) electrons. The van der Waals surface area contributed by atoms with Crippen molar-refractivity contribution in [1.82, 2.24) is 15.4 Å². The minimum Gasteiger partial charge on any atom is -0.198 e. The minimum atomic E-state index is -1.31. The molecular formula is C8H19N3Si2. The number of aromatic nitrogens is 3. The van der Waals surface area contributed by atoms with Crippen molar-refractivity contribution in [3.63, 3.8) is 0 Å². The quantitative estimate of drug-likeness (QED) is 0.742. The molecule has 0 fully saturated rings. The first-order valence-electron chi connectivity index (χ1n) is 4.64. The molecule has 1 aromatic rings. The molecule has 5 heteroatoms. The highest BCUT2D eigenvalue weighted by molar-refractivity contribution is 6.97. The summed E-state index contributed by atoms with van der Waals surface area (Å²) in [6.07, 6.45) is 0. The third kappa shape index (κ3) is 2.28. The lowest BCUT2D eigenvalue weighted by Crippen LogP contribution is -2.56. The van der Waals surface area contributed by atoms with Crippen LogP contribution in [-0.4, -0.2) is 31.6 Å². The van der Waals surface area contributed by atoms with E-state index in [1.165, 1.54) is 10.6 Å². The Balaban J connectivity index is 3.19. The zero-order chi connectivity index (χ0) is 10.3. The molecule has 74 valence electrons. The number of hydrogen-bond acceptors (Lipinski definition) is 2. The van der Waals surface area contributed by atoms with Gasteiger partial charge in [-0.15, -0.1) is 0 Å². The molecule has 0 bridgehead atoms. The normalized spacial score (nSPS) is 13.4. The van der Waals surface area contributed by atoms with E-state index < -0.39 is 16.1 Å². The predicted octanol–water partition coefficient (Wildman–Crippen LogP) is 0.895. The summed E-state index contributed by atoms with van der Waals surface area (Å²) in [4.78, 5) is 0. The Hall–Kier alpha value is -0.426. The Morgan fingerprint density at radius 1 is 0.769 bits per heavy atom. The third-order valence-corrected chi connectivity index (χ3v) is 5.76. The molecule has 0 aliphatic carbocycles. The zero-order valence-corrected chi connectivity index (χ0v) is 11.4. The number of rotatable bonds is 2. The zero-order valence-electron chi connectivity index (χ0n) is 9.39. The molecule has 0 atom stereocenters. The second-order valence-electron chi connectivity index (χ2n) is 5.52. The molecule has 13 heavy (non-hydrogen) atoms. The topological polar surface area (TPSA) is 41.6 Å². The van der Waals surface area contributed by atoms with Crippen LogP contribution in [0.3, 0.4) is 0 Å². The maximum atomic E-state index is 4.31. The largest absolute Gasteiger partial charge is 0.198 e. The van der Waals surface area contributed by atoms with Gasteiger partial charge in [-0.1, -0.05) is 39.3 Å². The fourth-order valence-corrected chi connectivity index (χ4v) is 5.83. The van der Waals surface area contributed by atoms with E-state index in [1.807, 2.05) is 0 Å². The summed E-state index contributed by atoms with van der Waals surface area (Å²) in [5.74, 6) is 0. The van der Waals surface area contributed by atoms with Crippen LogP contribution in [0, 0.1) is 0 Å². The monoisotopic (exact) mass is 213 g/mol. The van der Waals surface area contributed by atoms with Crippen molar-refractivity contribution < 1.29 is 0 Å². The average Bonchev–Trinajstić information content (AvgIpc) is 2.27. The van der Waals surface area contributed by atoms with Crippen LogP contribution in [0.1, 0.15) is 0 Å². The van der Waals surface area contributed by atoms with Crippen molar-refractivity contribution >= 4 is 26.8 Å². The molecule has 0 spiro atoms. The summed E-state index contributed by atoms with van der Waals surface area (Å²) < 4.78 is 0. The highest BCUT2D eigenvalue weighted by atomic mass is 28.3. The van der Waals surface area contributed by atoms with E-state index in [2.05, 4.69) is 54.7 Å². The van der Waals surface area contributed by atoms with E-state index in [-0.39, 0.29) is 0 Å². The van der Waals surface area contributed by atoms with Crippen molar-refractivity contribution in [3.05, 3.63) is 0 Å². The maximum absolute atomic E-state index is 4.31. The number of aromatic amines is 1. The van der Waals surface area contributed by atoms with Gasteiger partial charge in [-0.05, 0) is 0 Å². The molecule has 3 nitrogen and oxygen atoms in total. The highest BCUT2D eigenvalue weighted by Crippen LogP contribution is 2.02. The van der Waals surface area contributed by atoms with Gasteiger partial charge in [0.05, 0.1) is 10.6 Å². The van der Waals surface area contributed by atoms with Crippen LogP contribution in [0.4, 0.5) is 0 Å². The van der Waals surface area contributed by atoms with Crippen LogP contribution in [0.5, 0.6) is 0 Å². The number of nitrogens with zero attached hydrogens (tertiary/aromatic N) is 2. The van der Waals surface area contributed by atoms with E-state index in [4.69, 9.17) is 0 Å². The van der Waals surface area contributed by atoms with Gasteiger partial charge in [0.15, 0.2) is 0 Å². The van der Waals surface area contributed by atoms with Crippen LogP contribution < -0.4 is 10.6 Å². The fraction of sp³-hybridized carbons (Fsp3) is 0.750. The Labute approximate surface area is 82.0 Å². The van der Waals surface area contributed by atoms with Gasteiger partial charge in [-0.2, -0.15) is 15.4 Å². The first kappa shape index (κ1) is 10.7. The summed E-state index contributed by atoms with van der Waals surface area (Å²) in [5.41, 5.74) is 0.